The van der Waals surface area contributed by atoms with E-state index in [0.717, 1.165) is 54.1 Å². The van der Waals surface area contributed by atoms with Crippen LogP contribution >= 0.6 is 0 Å². The Morgan fingerprint density at radius 3 is 1.62 bits per heavy atom. The van der Waals surface area contributed by atoms with Crippen LogP contribution in [0.25, 0.3) is 22.3 Å². The van der Waals surface area contributed by atoms with Crippen LogP contribution in [0.4, 0.5) is 26.3 Å². The lowest BCUT2D eigenvalue weighted by molar-refractivity contribution is -0.142. The summed E-state index contributed by atoms with van der Waals surface area (Å²) in [4.78, 5) is 23.2. The quantitative estimate of drug-likeness (QED) is 0.125. The molecule has 0 aliphatic heterocycles. The fraction of sp³-hybridized carbons (Fsp3) is 0.400. The fourth-order valence-corrected chi connectivity index (χ4v) is 7.38. The van der Waals surface area contributed by atoms with Gasteiger partial charge in [0.25, 0.3) is 0 Å². The molecule has 3 heterocycles. The van der Waals surface area contributed by atoms with Crippen molar-refractivity contribution in [3.05, 3.63) is 124 Å². The van der Waals surface area contributed by atoms with Crippen molar-refractivity contribution in [2.24, 2.45) is 5.92 Å². The summed E-state index contributed by atoms with van der Waals surface area (Å²) in [7, 11) is 0. The molecule has 0 fully saturated rings. The Bertz CT molecular complexity index is 2360. The van der Waals surface area contributed by atoms with E-state index in [1.807, 2.05) is 63.4 Å². The van der Waals surface area contributed by atoms with Crippen molar-refractivity contribution in [2.75, 3.05) is 0 Å². The molecular weight excluding hydrogens is 799 g/mol. The molecule has 0 spiro atoms. The van der Waals surface area contributed by atoms with Crippen molar-refractivity contribution in [2.45, 2.75) is 110 Å². The summed E-state index contributed by atoms with van der Waals surface area (Å²) in [5.41, 5.74) is 4.56. The molecule has 0 saturated carbocycles. The second-order valence-electron chi connectivity index (χ2n) is 15.5. The summed E-state index contributed by atoms with van der Waals surface area (Å²) >= 11 is 0. The molecule has 0 atom stereocenters. The first-order chi connectivity index (χ1) is 29.1. The Balaban J connectivity index is 0.000000169. The number of hydrogen-bond donors (Lipinski definition) is 3. The number of carbonyl (C=O) groups is 2. The first kappa shape index (κ1) is 44.6. The topological polar surface area (TPSA) is 123 Å². The minimum Gasteiger partial charge on any atom is -0.352 e. The maximum absolute atomic E-state index is 13.3. The number of H-pyrrole nitrogens is 1. The number of nitrogens with zero attached hydrogens (tertiary/aromatic N) is 5. The number of para-hydroxylation sites is 1. The molecule has 0 saturated heterocycles. The van der Waals surface area contributed by atoms with Crippen molar-refractivity contribution in [1.29, 1.82) is 0 Å². The maximum Gasteiger partial charge on any atom is 0.435 e. The summed E-state index contributed by atoms with van der Waals surface area (Å²) in [5, 5.41) is 21.3. The van der Waals surface area contributed by atoms with E-state index in [-0.39, 0.29) is 17.7 Å². The average molecular weight is 849 g/mol. The molecule has 10 nitrogen and oxygen atoms in total. The molecule has 0 unspecified atom stereocenters. The van der Waals surface area contributed by atoms with Gasteiger partial charge in [-0.25, -0.2) is 9.36 Å². The Morgan fingerprint density at radius 1 is 0.689 bits per heavy atom. The molecule has 324 valence electrons. The molecule has 3 N–H and O–H groups in total. The number of aromatic amines is 1. The van der Waals surface area contributed by atoms with E-state index in [1.54, 1.807) is 36.4 Å². The van der Waals surface area contributed by atoms with E-state index < -0.39 is 23.7 Å². The summed E-state index contributed by atoms with van der Waals surface area (Å²) < 4.78 is 82.6. The van der Waals surface area contributed by atoms with Crippen LogP contribution in [0.1, 0.15) is 104 Å². The monoisotopic (exact) mass is 848 g/mol. The molecule has 3 aromatic heterocycles. The zero-order valence-electron chi connectivity index (χ0n) is 34.4. The molecule has 3 aromatic carbocycles. The SMILES string of the molecule is CC(C)C(=O)NCc1ccc(-n2nc(C(F)(F)F)c3c2CCCC3)cc1.CCCC(=O)NCc1ccc(-n2nc(C(F)(F)F)c3c2CCCC3)cc1.c1ccc2[nH]ncc2c1. The van der Waals surface area contributed by atoms with Gasteiger partial charge in [-0.3, -0.25) is 14.7 Å². The Morgan fingerprint density at radius 2 is 1.16 bits per heavy atom. The van der Waals surface area contributed by atoms with Crippen LogP contribution in [0.3, 0.4) is 0 Å². The van der Waals surface area contributed by atoms with Crippen LogP contribution in [-0.4, -0.2) is 41.6 Å². The molecule has 0 bridgehead atoms. The zero-order valence-corrected chi connectivity index (χ0v) is 34.4. The molecule has 6 aromatic rings. The third-order valence-corrected chi connectivity index (χ3v) is 10.6. The van der Waals surface area contributed by atoms with Gasteiger partial charge in [0.15, 0.2) is 11.4 Å². The number of benzene rings is 3. The minimum absolute atomic E-state index is 0.00691. The minimum atomic E-state index is -4.44. The highest BCUT2D eigenvalue weighted by Crippen LogP contribution is 2.38. The smallest absolute Gasteiger partial charge is 0.352 e. The molecule has 61 heavy (non-hydrogen) atoms. The number of fused-ring (bicyclic) bond motifs is 3. The number of halogens is 6. The number of amides is 2. The second-order valence-corrected chi connectivity index (χ2v) is 15.5. The third kappa shape index (κ3) is 11.3. The summed E-state index contributed by atoms with van der Waals surface area (Å²) in [6.07, 6.45) is -0.470. The van der Waals surface area contributed by atoms with Crippen molar-refractivity contribution in [3.63, 3.8) is 0 Å². The van der Waals surface area contributed by atoms with Gasteiger partial charge in [0.1, 0.15) is 0 Å². The lowest BCUT2D eigenvalue weighted by Gasteiger charge is -2.15. The van der Waals surface area contributed by atoms with Gasteiger partial charge in [-0.05, 0) is 99.2 Å². The first-order valence-electron chi connectivity index (χ1n) is 20.6. The van der Waals surface area contributed by atoms with Crippen molar-refractivity contribution < 1.29 is 35.9 Å². The lowest BCUT2D eigenvalue weighted by atomic mass is 9.95. The van der Waals surface area contributed by atoms with Gasteiger partial charge >= 0.3 is 12.4 Å². The van der Waals surface area contributed by atoms with Gasteiger partial charge in [-0.1, -0.05) is 63.2 Å². The summed E-state index contributed by atoms with van der Waals surface area (Å²) in [6, 6.07) is 22.3. The van der Waals surface area contributed by atoms with E-state index in [0.29, 0.717) is 79.1 Å². The molecule has 2 aliphatic carbocycles. The van der Waals surface area contributed by atoms with Gasteiger partial charge in [-0.2, -0.15) is 41.6 Å². The predicted octanol–water partition coefficient (Wildman–Crippen LogP) is 9.79. The van der Waals surface area contributed by atoms with E-state index in [1.165, 1.54) is 9.36 Å². The van der Waals surface area contributed by atoms with E-state index in [9.17, 15) is 35.9 Å². The van der Waals surface area contributed by atoms with Gasteiger partial charge < -0.3 is 10.6 Å². The zero-order chi connectivity index (χ0) is 43.7. The van der Waals surface area contributed by atoms with E-state index in [4.69, 9.17) is 0 Å². The molecule has 8 rings (SSSR count). The van der Waals surface area contributed by atoms with Crippen LogP contribution in [0.5, 0.6) is 0 Å². The number of nitrogens with one attached hydrogen (secondary N) is 3. The molecule has 2 aliphatic rings. The number of hydrogen-bond acceptors (Lipinski definition) is 5. The van der Waals surface area contributed by atoms with Crippen LogP contribution in [-0.2, 0) is 60.7 Å². The van der Waals surface area contributed by atoms with Crippen molar-refractivity contribution in [1.82, 2.24) is 40.4 Å². The Labute approximate surface area is 350 Å². The second kappa shape index (κ2) is 19.6. The fourth-order valence-electron chi connectivity index (χ4n) is 7.38. The average Bonchev–Trinajstić information content (AvgIpc) is 3.99. The normalized spacial score (nSPS) is 13.7. The van der Waals surface area contributed by atoms with Crippen LogP contribution in [0.15, 0.2) is 79.0 Å². The first-order valence-corrected chi connectivity index (χ1v) is 20.6. The predicted molar refractivity (Wildman–Crippen MR) is 220 cm³/mol. The van der Waals surface area contributed by atoms with Gasteiger partial charge in [-0.15, -0.1) is 0 Å². The van der Waals surface area contributed by atoms with E-state index >= 15 is 0 Å². The van der Waals surface area contributed by atoms with Crippen molar-refractivity contribution >= 4 is 22.7 Å². The summed E-state index contributed by atoms with van der Waals surface area (Å²) in [6.45, 7) is 6.37. The van der Waals surface area contributed by atoms with E-state index in [2.05, 4.69) is 31.0 Å². The molecule has 16 heteroatoms. The van der Waals surface area contributed by atoms with Gasteiger partial charge in [0, 0.05) is 53.3 Å². The highest BCUT2D eigenvalue weighted by atomic mass is 19.4. The molecule has 2 amide bonds. The van der Waals surface area contributed by atoms with Crippen LogP contribution in [0.2, 0.25) is 0 Å². The maximum atomic E-state index is 13.3. The number of rotatable bonds is 9. The highest BCUT2D eigenvalue weighted by molar-refractivity contribution is 5.78. The Hall–Kier alpha value is -5.93. The third-order valence-electron chi connectivity index (χ3n) is 10.6. The summed E-state index contributed by atoms with van der Waals surface area (Å²) in [5.74, 6) is -0.136. The Kier molecular flexibility index (Phi) is 14.4. The molecular formula is C45H50F6N8O2. The number of carbonyl (C=O) groups excluding carboxylic acids is 2. The lowest BCUT2D eigenvalue weighted by Crippen LogP contribution is -2.27. The van der Waals surface area contributed by atoms with Crippen LogP contribution < -0.4 is 10.6 Å². The van der Waals surface area contributed by atoms with Crippen LogP contribution in [0, 0.1) is 5.92 Å². The van der Waals surface area contributed by atoms with Gasteiger partial charge in [0.2, 0.25) is 11.8 Å². The standard InChI is InChI=1S/2C19H22F3N3O.C7H6N2/c1-12(2)18(26)23-11-13-7-9-14(10-8-13)25-16-6-4-3-5-15(16)17(24-25)19(20,21)22;1-2-5-17(26)23-12-13-8-10-14(11-9-13)25-16-7-4-3-6-15(16)18(24-25)19(20,21)22;1-2-4-7-6(3-1)5-8-9-7/h7-10,12H,3-6,11H2,1-2H3,(H,23,26);8-11H,2-7,12H2,1H3,(H,23,26);1-5H,(H,8,9). The molecule has 0 radical (unpaired) electrons. The highest BCUT2D eigenvalue weighted by Gasteiger charge is 2.41. The number of alkyl halides is 6. The number of aromatic nitrogens is 6. The van der Waals surface area contributed by atoms with Gasteiger partial charge in [0.05, 0.1) is 23.1 Å². The van der Waals surface area contributed by atoms with Crippen molar-refractivity contribution in [3.8, 4) is 11.4 Å². The largest absolute Gasteiger partial charge is 0.435 e.